The number of nitrogen functional groups attached to an aromatic ring is 1. The SMILES string of the molecule is N#CCCN[C@H]1CCc2nc(NC(=O)c3cccc(Cn4cc(-c5ccc(N)cc5)nn4)c3)sc2C1. The van der Waals surface area contributed by atoms with Crippen LogP contribution in [0.15, 0.2) is 54.7 Å². The second-order valence-electron chi connectivity index (χ2n) is 8.77. The Bertz CT molecular complexity index is 1400. The molecule has 1 aliphatic rings. The second kappa shape index (κ2) is 10.7. The first-order valence-corrected chi connectivity index (χ1v) is 12.6. The zero-order valence-electron chi connectivity index (χ0n) is 19.6. The number of benzene rings is 2. The van der Waals surface area contributed by atoms with Crippen molar-refractivity contribution in [2.75, 3.05) is 17.6 Å². The van der Waals surface area contributed by atoms with Gasteiger partial charge in [0, 0.05) is 40.7 Å². The van der Waals surface area contributed by atoms with E-state index >= 15 is 0 Å². The first-order valence-electron chi connectivity index (χ1n) is 11.8. The molecule has 9 nitrogen and oxygen atoms in total. The Labute approximate surface area is 213 Å². The zero-order chi connectivity index (χ0) is 24.9. The molecule has 0 aliphatic heterocycles. The zero-order valence-corrected chi connectivity index (χ0v) is 20.5. The van der Waals surface area contributed by atoms with Gasteiger partial charge in [0.25, 0.3) is 5.91 Å². The molecule has 0 fully saturated rings. The van der Waals surface area contributed by atoms with E-state index in [4.69, 9.17) is 11.0 Å². The molecule has 0 radical (unpaired) electrons. The van der Waals surface area contributed by atoms with E-state index < -0.39 is 0 Å². The lowest BCUT2D eigenvalue weighted by Gasteiger charge is -2.21. The molecule has 1 aliphatic carbocycles. The minimum absolute atomic E-state index is 0.187. The molecule has 5 rings (SSSR count). The van der Waals surface area contributed by atoms with Gasteiger partial charge in [0.05, 0.1) is 24.5 Å². The number of amides is 1. The Morgan fingerprint density at radius 2 is 2.11 bits per heavy atom. The number of nitriles is 1. The Kier molecular flexibility index (Phi) is 7.02. The van der Waals surface area contributed by atoms with Crippen LogP contribution in [-0.4, -0.2) is 38.5 Å². The number of nitrogens with one attached hydrogen (secondary N) is 2. The molecule has 1 amide bonds. The topological polar surface area (TPSA) is 135 Å². The first kappa shape index (κ1) is 23.7. The Morgan fingerprint density at radius 1 is 1.25 bits per heavy atom. The number of rotatable bonds is 8. The van der Waals surface area contributed by atoms with E-state index in [1.807, 2.05) is 48.7 Å². The van der Waals surface area contributed by atoms with Crippen LogP contribution in [0.3, 0.4) is 0 Å². The first-order chi connectivity index (χ1) is 17.6. The summed E-state index contributed by atoms with van der Waals surface area (Å²) in [5.74, 6) is -0.187. The third kappa shape index (κ3) is 5.59. The molecule has 2 aromatic heterocycles. The number of nitrogens with two attached hydrogens (primary N) is 1. The lowest BCUT2D eigenvalue weighted by atomic mass is 9.98. The molecule has 2 heterocycles. The van der Waals surface area contributed by atoms with Crippen LogP contribution in [0.2, 0.25) is 0 Å². The average molecular weight is 499 g/mol. The number of anilines is 2. The lowest BCUT2D eigenvalue weighted by molar-refractivity contribution is 0.102. The molecule has 182 valence electrons. The van der Waals surface area contributed by atoms with Crippen molar-refractivity contribution in [3.8, 4) is 17.3 Å². The highest BCUT2D eigenvalue weighted by Crippen LogP contribution is 2.30. The van der Waals surface area contributed by atoms with E-state index in [0.717, 1.165) is 41.8 Å². The maximum atomic E-state index is 13.0. The highest BCUT2D eigenvalue weighted by Gasteiger charge is 2.23. The molecule has 0 saturated heterocycles. The molecule has 2 aromatic carbocycles. The normalized spacial score (nSPS) is 14.7. The number of carbonyl (C=O) groups excluding carboxylic acids is 1. The third-order valence-corrected chi connectivity index (χ3v) is 7.14. The van der Waals surface area contributed by atoms with Gasteiger partial charge in [-0.1, -0.05) is 29.5 Å². The summed E-state index contributed by atoms with van der Waals surface area (Å²) in [6.07, 6.45) is 5.12. The number of nitrogens with zero attached hydrogens (tertiary/aromatic N) is 5. The van der Waals surface area contributed by atoms with Crippen molar-refractivity contribution in [3.63, 3.8) is 0 Å². The fraction of sp³-hybridized carbons (Fsp3) is 0.269. The van der Waals surface area contributed by atoms with E-state index in [1.54, 1.807) is 10.7 Å². The van der Waals surface area contributed by atoms with Gasteiger partial charge in [0.1, 0.15) is 5.69 Å². The molecule has 0 bridgehead atoms. The summed E-state index contributed by atoms with van der Waals surface area (Å²) >= 11 is 1.53. The van der Waals surface area contributed by atoms with Crippen molar-refractivity contribution in [1.29, 1.82) is 5.26 Å². The minimum atomic E-state index is -0.187. The molecule has 10 heteroatoms. The Morgan fingerprint density at radius 3 is 2.94 bits per heavy atom. The van der Waals surface area contributed by atoms with E-state index in [2.05, 4.69) is 32.0 Å². The molecular formula is C26H26N8OS. The van der Waals surface area contributed by atoms with Gasteiger partial charge in [-0.25, -0.2) is 9.67 Å². The van der Waals surface area contributed by atoms with Crippen molar-refractivity contribution < 1.29 is 4.79 Å². The van der Waals surface area contributed by atoms with Gasteiger partial charge in [-0.15, -0.1) is 16.4 Å². The van der Waals surface area contributed by atoms with Crippen molar-refractivity contribution in [2.45, 2.75) is 38.3 Å². The molecule has 0 spiro atoms. The van der Waals surface area contributed by atoms with Crippen molar-refractivity contribution >= 4 is 28.1 Å². The van der Waals surface area contributed by atoms with Gasteiger partial charge in [-0.2, -0.15) is 5.26 Å². The van der Waals surface area contributed by atoms with Gasteiger partial charge in [0.2, 0.25) is 0 Å². The number of aryl methyl sites for hydroxylation is 1. The van der Waals surface area contributed by atoms with Crippen LogP contribution in [0.4, 0.5) is 10.8 Å². The van der Waals surface area contributed by atoms with Gasteiger partial charge in [-0.3, -0.25) is 10.1 Å². The number of thiazole rings is 1. The van der Waals surface area contributed by atoms with Crippen molar-refractivity contribution in [2.24, 2.45) is 0 Å². The summed E-state index contributed by atoms with van der Waals surface area (Å²) in [6, 6.07) is 17.5. The number of hydrogen-bond acceptors (Lipinski definition) is 8. The summed E-state index contributed by atoms with van der Waals surface area (Å²) in [7, 11) is 0. The standard InChI is InChI=1S/C26H26N8OS/c27-11-2-12-29-21-9-10-22-24(14-21)36-26(30-22)31-25(35)19-4-1-3-17(13-19)15-34-16-23(32-33-34)18-5-7-20(28)8-6-18/h1,3-8,13,16,21,29H,2,9-10,12,14-15,28H2,(H,30,31,35)/t21-/m0/s1. The number of fused-ring (bicyclic) bond motifs is 1. The third-order valence-electron chi connectivity index (χ3n) is 6.11. The predicted molar refractivity (Wildman–Crippen MR) is 140 cm³/mol. The maximum Gasteiger partial charge on any atom is 0.257 e. The summed E-state index contributed by atoms with van der Waals surface area (Å²) in [5.41, 5.74) is 10.7. The number of hydrogen-bond donors (Lipinski definition) is 3. The second-order valence-corrected chi connectivity index (χ2v) is 9.85. The minimum Gasteiger partial charge on any atom is -0.399 e. The lowest BCUT2D eigenvalue weighted by Crippen LogP contribution is -2.34. The fourth-order valence-electron chi connectivity index (χ4n) is 4.26. The van der Waals surface area contributed by atoms with Gasteiger partial charge >= 0.3 is 0 Å². The molecule has 0 unspecified atom stereocenters. The summed E-state index contributed by atoms with van der Waals surface area (Å²) in [4.78, 5) is 18.8. The summed E-state index contributed by atoms with van der Waals surface area (Å²) < 4.78 is 1.75. The van der Waals surface area contributed by atoms with E-state index in [0.29, 0.717) is 41.9 Å². The van der Waals surface area contributed by atoms with Crippen LogP contribution in [0.1, 0.15) is 39.3 Å². The van der Waals surface area contributed by atoms with Crippen LogP contribution in [0, 0.1) is 11.3 Å². The van der Waals surface area contributed by atoms with E-state index in [9.17, 15) is 4.79 Å². The van der Waals surface area contributed by atoms with Gasteiger partial charge < -0.3 is 11.1 Å². The summed E-state index contributed by atoms with van der Waals surface area (Å²) in [5, 5.41) is 24.2. The number of aromatic nitrogens is 4. The van der Waals surface area contributed by atoms with E-state index in [-0.39, 0.29) is 5.91 Å². The smallest absolute Gasteiger partial charge is 0.257 e. The highest BCUT2D eigenvalue weighted by atomic mass is 32.1. The monoisotopic (exact) mass is 498 g/mol. The molecule has 1 atom stereocenters. The molecular weight excluding hydrogens is 472 g/mol. The van der Waals surface area contributed by atoms with Crippen LogP contribution in [0.25, 0.3) is 11.3 Å². The fourth-order valence-corrected chi connectivity index (χ4v) is 5.35. The van der Waals surface area contributed by atoms with Crippen LogP contribution in [-0.2, 0) is 19.4 Å². The van der Waals surface area contributed by atoms with Crippen LogP contribution in [0.5, 0.6) is 0 Å². The maximum absolute atomic E-state index is 13.0. The quantitative estimate of drug-likeness (QED) is 0.249. The summed E-state index contributed by atoms with van der Waals surface area (Å²) in [6.45, 7) is 1.20. The highest BCUT2D eigenvalue weighted by molar-refractivity contribution is 7.15. The Hall–Kier alpha value is -4.07. The van der Waals surface area contributed by atoms with Gasteiger partial charge in [-0.05, 0) is 49.1 Å². The molecule has 0 saturated carbocycles. The molecule has 4 N–H and O–H groups in total. The van der Waals surface area contributed by atoms with Crippen molar-refractivity contribution in [1.82, 2.24) is 25.3 Å². The predicted octanol–water partition coefficient (Wildman–Crippen LogP) is 3.64. The van der Waals surface area contributed by atoms with Crippen molar-refractivity contribution in [3.05, 3.63) is 76.4 Å². The average Bonchev–Trinajstić information content (AvgIpc) is 3.51. The largest absolute Gasteiger partial charge is 0.399 e. The molecule has 4 aromatic rings. The van der Waals surface area contributed by atoms with Crippen LogP contribution >= 0.6 is 11.3 Å². The van der Waals surface area contributed by atoms with Gasteiger partial charge in [0.15, 0.2) is 5.13 Å². The Balaban J connectivity index is 1.22. The number of carbonyl (C=O) groups is 1. The van der Waals surface area contributed by atoms with Crippen LogP contribution < -0.4 is 16.4 Å². The van der Waals surface area contributed by atoms with E-state index in [1.165, 1.54) is 16.2 Å². The molecule has 36 heavy (non-hydrogen) atoms.